The van der Waals surface area contributed by atoms with Gasteiger partial charge in [0, 0.05) is 23.1 Å². The first-order chi connectivity index (χ1) is 11.5. The van der Waals surface area contributed by atoms with Gasteiger partial charge in [-0.3, -0.25) is 0 Å². The van der Waals surface area contributed by atoms with E-state index < -0.39 is 6.23 Å². The van der Waals surface area contributed by atoms with Crippen molar-refractivity contribution in [1.29, 1.82) is 0 Å². The third-order valence-electron chi connectivity index (χ3n) is 3.79. The Bertz CT molecular complexity index is 876. The van der Waals surface area contributed by atoms with Crippen LogP contribution in [0.3, 0.4) is 0 Å². The first-order valence-electron chi connectivity index (χ1n) is 7.52. The molecule has 0 aliphatic rings. The number of benzene rings is 1. The van der Waals surface area contributed by atoms with E-state index in [4.69, 9.17) is 9.47 Å². The van der Waals surface area contributed by atoms with Gasteiger partial charge in [-0.15, -0.1) is 0 Å². The molecule has 7 heteroatoms. The van der Waals surface area contributed by atoms with Crippen LogP contribution in [0.15, 0.2) is 30.5 Å². The highest BCUT2D eigenvalue weighted by Crippen LogP contribution is 2.31. The van der Waals surface area contributed by atoms with Crippen molar-refractivity contribution in [2.75, 3.05) is 19.5 Å². The molecule has 1 unspecified atom stereocenters. The summed E-state index contributed by atoms with van der Waals surface area (Å²) < 4.78 is 12.2. The molecule has 0 radical (unpaired) electrons. The average molecular weight is 328 g/mol. The van der Waals surface area contributed by atoms with Gasteiger partial charge in [0.15, 0.2) is 23.4 Å². The standard InChI is InChI=1S/C17H20N4O3/c1-10-7-11(2)21-16(19-10)13(9-18-21)17(22)20-12-5-6-14(23-3)15(8-12)24-4/h5-9,17,20,22H,1-4H3. The van der Waals surface area contributed by atoms with Crippen LogP contribution in [0.25, 0.3) is 5.65 Å². The number of methoxy groups -OCH3 is 2. The first kappa shape index (κ1) is 16.1. The van der Waals surface area contributed by atoms with E-state index in [0.29, 0.717) is 28.4 Å². The fourth-order valence-corrected chi connectivity index (χ4v) is 2.64. The van der Waals surface area contributed by atoms with Crippen molar-refractivity contribution in [2.45, 2.75) is 20.1 Å². The molecule has 1 aromatic carbocycles. The predicted octanol–water partition coefficient (Wildman–Crippen LogP) is 2.47. The van der Waals surface area contributed by atoms with Crippen molar-refractivity contribution in [3.63, 3.8) is 0 Å². The normalized spacial score (nSPS) is 12.2. The summed E-state index contributed by atoms with van der Waals surface area (Å²) in [7, 11) is 3.15. The fraction of sp³-hybridized carbons (Fsp3) is 0.294. The highest BCUT2D eigenvalue weighted by molar-refractivity contribution is 5.57. The van der Waals surface area contributed by atoms with Gasteiger partial charge in [0.1, 0.15) is 0 Å². The first-order valence-corrected chi connectivity index (χ1v) is 7.52. The van der Waals surface area contributed by atoms with Gasteiger partial charge in [0.05, 0.1) is 26.0 Å². The summed E-state index contributed by atoms with van der Waals surface area (Å²) in [6.45, 7) is 3.87. The lowest BCUT2D eigenvalue weighted by Crippen LogP contribution is -2.10. The van der Waals surface area contributed by atoms with Crippen LogP contribution in [0.1, 0.15) is 23.2 Å². The lowest BCUT2D eigenvalue weighted by atomic mass is 10.2. The van der Waals surface area contributed by atoms with Crippen molar-refractivity contribution in [3.05, 3.63) is 47.4 Å². The van der Waals surface area contributed by atoms with Crippen LogP contribution in [0.5, 0.6) is 11.5 Å². The molecular weight excluding hydrogens is 308 g/mol. The molecule has 2 aromatic heterocycles. The van der Waals surface area contributed by atoms with Gasteiger partial charge in [0.25, 0.3) is 0 Å². The van der Waals surface area contributed by atoms with Gasteiger partial charge >= 0.3 is 0 Å². The van der Waals surface area contributed by atoms with E-state index in [-0.39, 0.29) is 0 Å². The number of hydrogen-bond acceptors (Lipinski definition) is 6. The number of aromatic nitrogens is 3. The summed E-state index contributed by atoms with van der Waals surface area (Å²) in [6, 6.07) is 7.28. The van der Waals surface area contributed by atoms with Crippen molar-refractivity contribution in [1.82, 2.24) is 14.6 Å². The van der Waals surface area contributed by atoms with E-state index in [1.807, 2.05) is 19.9 Å². The van der Waals surface area contributed by atoms with Gasteiger partial charge in [-0.1, -0.05) is 0 Å². The Morgan fingerprint density at radius 2 is 1.88 bits per heavy atom. The van der Waals surface area contributed by atoms with E-state index in [2.05, 4.69) is 15.4 Å². The van der Waals surface area contributed by atoms with Crippen LogP contribution in [-0.2, 0) is 0 Å². The summed E-state index contributed by atoms with van der Waals surface area (Å²) >= 11 is 0. The number of nitrogens with one attached hydrogen (secondary N) is 1. The molecule has 3 aromatic rings. The van der Waals surface area contributed by atoms with Crippen molar-refractivity contribution >= 4 is 11.3 Å². The SMILES string of the molecule is COc1ccc(NC(O)c2cnn3c(C)cc(C)nc23)cc1OC. The number of fused-ring (bicyclic) bond motifs is 1. The minimum absolute atomic E-state index is 0.583. The summed E-state index contributed by atoms with van der Waals surface area (Å²) in [5, 5.41) is 17.9. The van der Waals surface area contributed by atoms with Gasteiger partial charge in [0.2, 0.25) is 0 Å². The predicted molar refractivity (Wildman–Crippen MR) is 90.6 cm³/mol. The van der Waals surface area contributed by atoms with Gasteiger partial charge in [-0.25, -0.2) is 9.50 Å². The quantitative estimate of drug-likeness (QED) is 0.700. The van der Waals surface area contributed by atoms with Crippen LogP contribution in [0.4, 0.5) is 5.69 Å². The molecule has 7 nitrogen and oxygen atoms in total. The van der Waals surface area contributed by atoms with E-state index >= 15 is 0 Å². The minimum Gasteiger partial charge on any atom is -0.493 e. The smallest absolute Gasteiger partial charge is 0.163 e. The van der Waals surface area contributed by atoms with Crippen LogP contribution in [0.2, 0.25) is 0 Å². The van der Waals surface area contributed by atoms with Gasteiger partial charge in [-0.2, -0.15) is 5.10 Å². The number of aliphatic hydroxyl groups excluding tert-OH is 1. The van der Waals surface area contributed by atoms with E-state index in [9.17, 15) is 5.11 Å². The molecule has 0 aliphatic carbocycles. The molecule has 0 spiro atoms. The maximum Gasteiger partial charge on any atom is 0.163 e. The molecule has 0 aliphatic heterocycles. The molecule has 24 heavy (non-hydrogen) atoms. The van der Waals surface area contributed by atoms with Crippen LogP contribution in [0, 0.1) is 13.8 Å². The van der Waals surface area contributed by atoms with E-state index in [1.165, 1.54) is 0 Å². The van der Waals surface area contributed by atoms with Crippen LogP contribution >= 0.6 is 0 Å². The number of aryl methyl sites for hydroxylation is 2. The summed E-state index contributed by atoms with van der Waals surface area (Å²) in [5.74, 6) is 1.21. The summed E-state index contributed by atoms with van der Waals surface area (Å²) in [6.07, 6.45) is 0.669. The monoisotopic (exact) mass is 328 g/mol. The Morgan fingerprint density at radius 1 is 1.12 bits per heavy atom. The van der Waals surface area contributed by atoms with E-state index in [0.717, 1.165) is 11.4 Å². The minimum atomic E-state index is -0.950. The Kier molecular flexibility index (Phi) is 4.26. The molecule has 126 valence electrons. The molecule has 0 bridgehead atoms. The second-order valence-corrected chi connectivity index (χ2v) is 5.49. The lowest BCUT2D eigenvalue weighted by molar-refractivity contribution is 0.209. The molecule has 0 fully saturated rings. The maximum absolute atomic E-state index is 10.6. The fourth-order valence-electron chi connectivity index (χ4n) is 2.64. The van der Waals surface area contributed by atoms with Crippen molar-refractivity contribution in [2.24, 2.45) is 0 Å². The topological polar surface area (TPSA) is 80.9 Å². The molecule has 0 amide bonds. The zero-order chi connectivity index (χ0) is 17.3. The third-order valence-corrected chi connectivity index (χ3v) is 3.79. The van der Waals surface area contributed by atoms with Crippen molar-refractivity contribution < 1.29 is 14.6 Å². The average Bonchev–Trinajstić information content (AvgIpc) is 2.98. The molecular formula is C17H20N4O3. The molecule has 3 rings (SSSR count). The Labute approximate surface area is 139 Å². The van der Waals surface area contributed by atoms with Gasteiger partial charge in [-0.05, 0) is 32.0 Å². The molecule has 0 saturated carbocycles. The Hall–Kier alpha value is -2.80. The Morgan fingerprint density at radius 3 is 2.58 bits per heavy atom. The van der Waals surface area contributed by atoms with Crippen LogP contribution < -0.4 is 14.8 Å². The maximum atomic E-state index is 10.6. The van der Waals surface area contributed by atoms with Gasteiger partial charge < -0.3 is 19.9 Å². The number of rotatable bonds is 5. The zero-order valence-electron chi connectivity index (χ0n) is 14.1. The highest BCUT2D eigenvalue weighted by atomic mass is 16.5. The number of anilines is 1. The number of aliphatic hydroxyl groups is 1. The molecule has 2 N–H and O–H groups in total. The van der Waals surface area contributed by atoms with Crippen LogP contribution in [-0.4, -0.2) is 33.9 Å². The summed E-state index contributed by atoms with van der Waals surface area (Å²) in [5.41, 5.74) is 3.77. The second kappa shape index (κ2) is 6.37. The molecule has 2 heterocycles. The highest BCUT2D eigenvalue weighted by Gasteiger charge is 2.17. The number of ether oxygens (including phenoxy) is 2. The molecule has 1 atom stereocenters. The lowest BCUT2D eigenvalue weighted by Gasteiger charge is -2.15. The second-order valence-electron chi connectivity index (χ2n) is 5.49. The van der Waals surface area contributed by atoms with E-state index in [1.54, 1.807) is 43.1 Å². The summed E-state index contributed by atoms with van der Waals surface area (Å²) in [4.78, 5) is 4.48. The third kappa shape index (κ3) is 2.85. The molecule has 0 saturated heterocycles. The zero-order valence-corrected chi connectivity index (χ0v) is 14.1. The number of nitrogens with zero attached hydrogens (tertiary/aromatic N) is 3. The van der Waals surface area contributed by atoms with Crippen molar-refractivity contribution in [3.8, 4) is 11.5 Å². The largest absolute Gasteiger partial charge is 0.493 e. The number of hydrogen-bond donors (Lipinski definition) is 2. The Balaban J connectivity index is 1.92.